The second-order valence-electron chi connectivity index (χ2n) is 8.96. The van der Waals surface area contributed by atoms with Gasteiger partial charge in [-0.3, -0.25) is 9.59 Å². The smallest absolute Gasteiger partial charge is 0.251 e. The van der Waals surface area contributed by atoms with Gasteiger partial charge in [0.15, 0.2) is 0 Å². The Hall–Kier alpha value is -3.10. The van der Waals surface area contributed by atoms with Crippen LogP contribution in [-0.2, 0) is 9.47 Å². The van der Waals surface area contributed by atoms with E-state index in [1.54, 1.807) is 0 Å². The molecule has 0 bridgehead atoms. The number of hydrogen-bond donors (Lipinski definition) is 2. The van der Waals surface area contributed by atoms with E-state index < -0.39 is 0 Å². The van der Waals surface area contributed by atoms with Crippen molar-refractivity contribution >= 4 is 23.2 Å². The molecule has 2 saturated heterocycles. The molecule has 8 nitrogen and oxygen atoms in total. The maximum atomic E-state index is 12.8. The number of nitrogens with zero attached hydrogens (tertiary/aromatic N) is 2. The fourth-order valence-electron chi connectivity index (χ4n) is 4.45. The molecular formula is C27H36N4O4. The number of benzene rings is 2. The van der Waals surface area contributed by atoms with Gasteiger partial charge in [0.05, 0.1) is 26.4 Å². The Kier molecular flexibility index (Phi) is 8.97. The van der Waals surface area contributed by atoms with Gasteiger partial charge in [0.1, 0.15) is 0 Å². The van der Waals surface area contributed by atoms with Crippen LogP contribution in [-0.4, -0.2) is 77.0 Å². The summed E-state index contributed by atoms with van der Waals surface area (Å²) in [6.45, 7) is 8.81. The first-order valence-corrected chi connectivity index (χ1v) is 12.6. The third-order valence-corrected chi connectivity index (χ3v) is 6.49. The summed E-state index contributed by atoms with van der Waals surface area (Å²) in [5.74, 6) is -0.259. The molecule has 0 saturated carbocycles. The van der Waals surface area contributed by atoms with Gasteiger partial charge in [-0.15, -0.1) is 0 Å². The van der Waals surface area contributed by atoms with Crippen molar-refractivity contribution < 1.29 is 19.1 Å². The molecule has 2 fully saturated rings. The fourth-order valence-corrected chi connectivity index (χ4v) is 4.45. The summed E-state index contributed by atoms with van der Waals surface area (Å²) < 4.78 is 10.8. The van der Waals surface area contributed by atoms with Crippen molar-refractivity contribution in [2.24, 2.45) is 0 Å². The van der Waals surface area contributed by atoms with Crippen molar-refractivity contribution in [3.63, 3.8) is 0 Å². The zero-order valence-corrected chi connectivity index (χ0v) is 20.5. The molecule has 2 aromatic rings. The third-order valence-electron chi connectivity index (χ3n) is 6.49. The maximum absolute atomic E-state index is 12.8. The van der Waals surface area contributed by atoms with E-state index in [1.807, 2.05) is 48.5 Å². The molecule has 0 aliphatic carbocycles. The van der Waals surface area contributed by atoms with Crippen LogP contribution in [0.5, 0.6) is 0 Å². The lowest BCUT2D eigenvalue weighted by molar-refractivity contribution is 0.0906. The molecule has 2 amide bonds. The van der Waals surface area contributed by atoms with Gasteiger partial charge in [0, 0.05) is 61.3 Å². The zero-order valence-electron chi connectivity index (χ0n) is 20.5. The van der Waals surface area contributed by atoms with Crippen LogP contribution in [0, 0.1) is 0 Å². The number of morpholine rings is 2. The summed E-state index contributed by atoms with van der Waals surface area (Å²) in [5.41, 5.74) is 3.43. The molecular weight excluding hydrogens is 444 g/mol. The number of anilines is 2. The van der Waals surface area contributed by atoms with Gasteiger partial charge >= 0.3 is 0 Å². The Balaban J connectivity index is 1.28. The second kappa shape index (κ2) is 12.6. The van der Waals surface area contributed by atoms with Crippen LogP contribution in [0.1, 0.15) is 40.5 Å². The number of ether oxygens (including phenoxy) is 2. The van der Waals surface area contributed by atoms with Gasteiger partial charge in [0.25, 0.3) is 11.8 Å². The zero-order chi connectivity index (χ0) is 24.5. The van der Waals surface area contributed by atoms with Crippen LogP contribution < -0.4 is 20.4 Å². The SMILES string of the molecule is CCCC(CNC(=O)c1ccc(N2CCOCC2)cc1)NC(=O)c1ccc(N2CCOCC2)cc1. The number of carbonyl (C=O) groups is 2. The summed E-state index contributed by atoms with van der Waals surface area (Å²) in [6, 6.07) is 15.2. The Morgan fingerprint density at radius 1 is 0.771 bits per heavy atom. The van der Waals surface area contributed by atoms with Gasteiger partial charge in [0.2, 0.25) is 0 Å². The molecule has 1 atom stereocenters. The Labute approximate surface area is 207 Å². The molecule has 4 rings (SSSR count). The van der Waals surface area contributed by atoms with E-state index in [4.69, 9.17) is 9.47 Å². The standard InChI is InChI=1S/C27H36N4O4/c1-2-3-23(29-27(33)22-6-10-25(11-7-22)31-14-18-35-19-15-31)20-28-26(32)21-4-8-24(9-5-21)30-12-16-34-17-13-30/h4-11,23H,2-3,12-20H2,1H3,(H,28,32)(H,29,33). The van der Waals surface area contributed by atoms with Crippen molar-refractivity contribution in [3.05, 3.63) is 59.7 Å². The molecule has 188 valence electrons. The van der Waals surface area contributed by atoms with Gasteiger partial charge in [-0.1, -0.05) is 13.3 Å². The molecule has 2 N–H and O–H groups in total. The molecule has 2 aliphatic heterocycles. The largest absolute Gasteiger partial charge is 0.378 e. The average molecular weight is 481 g/mol. The molecule has 35 heavy (non-hydrogen) atoms. The quantitative estimate of drug-likeness (QED) is 0.574. The van der Waals surface area contributed by atoms with Gasteiger partial charge < -0.3 is 29.9 Å². The first kappa shape index (κ1) is 25.0. The van der Waals surface area contributed by atoms with E-state index >= 15 is 0 Å². The first-order chi connectivity index (χ1) is 17.1. The molecule has 8 heteroatoms. The van der Waals surface area contributed by atoms with Crippen molar-refractivity contribution in [2.75, 3.05) is 69.0 Å². The summed E-state index contributed by atoms with van der Waals surface area (Å²) in [7, 11) is 0. The molecule has 0 spiro atoms. The van der Waals surface area contributed by atoms with Crippen molar-refractivity contribution in [3.8, 4) is 0 Å². The normalized spacial score (nSPS) is 17.1. The molecule has 0 aromatic heterocycles. The average Bonchev–Trinajstić information content (AvgIpc) is 2.93. The van der Waals surface area contributed by atoms with Crippen molar-refractivity contribution in [2.45, 2.75) is 25.8 Å². The second-order valence-corrected chi connectivity index (χ2v) is 8.96. The van der Waals surface area contributed by atoms with Gasteiger partial charge in [-0.25, -0.2) is 0 Å². The summed E-state index contributed by atoms with van der Waals surface area (Å²) >= 11 is 0. The Morgan fingerprint density at radius 3 is 1.69 bits per heavy atom. The summed E-state index contributed by atoms with van der Waals surface area (Å²) in [6.07, 6.45) is 1.69. The van der Waals surface area contributed by atoms with Crippen LogP contribution in [0.3, 0.4) is 0 Å². The van der Waals surface area contributed by atoms with E-state index in [0.717, 1.165) is 76.8 Å². The minimum absolute atomic E-state index is 0.124. The highest BCUT2D eigenvalue weighted by atomic mass is 16.5. The van der Waals surface area contributed by atoms with Crippen LogP contribution in [0.25, 0.3) is 0 Å². The van der Waals surface area contributed by atoms with Crippen LogP contribution in [0.2, 0.25) is 0 Å². The number of carbonyl (C=O) groups excluding carboxylic acids is 2. The minimum atomic E-state index is -0.136. The Morgan fingerprint density at radius 2 is 1.23 bits per heavy atom. The third kappa shape index (κ3) is 6.96. The van der Waals surface area contributed by atoms with E-state index in [1.165, 1.54) is 0 Å². The highest BCUT2D eigenvalue weighted by molar-refractivity contribution is 5.95. The van der Waals surface area contributed by atoms with Crippen LogP contribution in [0.4, 0.5) is 11.4 Å². The number of rotatable bonds is 9. The predicted octanol–water partition coefficient (Wildman–Crippen LogP) is 2.69. The van der Waals surface area contributed by atoms with Crippen LogP contribution >= 0.6 is 0 Å². The topological polar surface area (TPSA) is 83.1 Å². The summed E-state index contributed by atoms with van der Waals surface area (Å²) in [4.78, 5) is 30.1. The van der Waals surface area contributed by atoms with E-state index in [2.05, 4.69) is 27.4 Å². The number of amides is 2. The fraction of sp³-hybridized carbons (Fsp3) is 0.481. The van der Waals surface area contributed by atoms with Gasteiger partial charge in [-0.05, 0) is 55.0 Å². The van der Waals surface area contributed by atoms with Gasteiger partial charge in [-0.2, -0.15) is 0 Å². The van der Waals surface area contributed by atoms with Crippen molar-refractivity contribution in [1.29, 1.82) is 0 Å². The molecule has 2 aromatic carbocycles. The lowest BCUT2D eigenvalue weighted by Crippen LogP contribution is -2.43. The van der Waals surface area contributed by atoms with Crippen LogP contribution in [0.15, 0.2) is 48.5 Å². The molecule has 1 unspecified atom stereocenters. The molecule has 2 heterocycles. The number of nitrogens with one attached hydrogen (secondary N) is 2. The monoisotopic (exact) mass is 480 g/mol. The molecule has 2 aliphatic rings. The van der Waals surface area contributed by atoms with Crippen molar-refractivity contribution in [1.82, 2.24) is 10.6 Å². The number of hydrogen-bond acceptors (Lipinski definition) is 6. The first-order valence-electron chi connectivity index (χ1n) is 12.6. The van der Waals surface area contributed by atoms with E-state index in [-0.39, 0.29) is 17.9 Å². The Bertz CT molecular complexity index is 952. The lowest BCUT2D eigenvalue weighted by atomic mass is 10.1. The maximum Gasteiger partial charge on any atom is 0.251 e. The minimum Gasteiger partial charge on any atom is -0.378 e. The lowest BCUT2D eigenvalue weighted by Gasteiger charge is -2.29. The highest BCUT2D eigenvalue weighted by Gasteiger charge is 2.17. The van der Waals surface area contributed by atoms with E-state index in [0.29, 0.717) is 17.7 Å². The molecule has 0 radical (unpaired) electrons. The van der Waals surface area contributed by atoms with E-state index in [9.17, 15) is 9.59 Å². The predicted molar refractivity (Wildman–Crippen MR) is 137 cm³/mol. The highest BCUT2D eigenvalue weighted by Crippen LogP contribution is 2.18. The summed E-state index contributed by atoms with van der Waals surface area (Å²) in [5, 5.41) is 6.07.